The summed E-state index contributed by atoms with van der Waals surface area (Å²) in [6.07, 6.45) is 5.46. The molecule has 0 saturated heterocycles. The van der Waals surface area contributed by atoms with Gasteiger partial charge in [0.05, 0.1) is 0 Å². The van der Waals surface area contributed by atoms with Gasteiger partial charge in [-0.25, -0.2) is 5.84 Å². The number of likely N-dealkylation sites (N-methyl/N-ethyl adjacent to an activating group) is 1. The molecule has 5 nitrogen and oxygen atoms in total. The second-order valence-electron chi connectivity index (χ2n) is 5.05. The molecule has 20 heavy (non-hydrogen) atoms. The number of rotatable bonds is 8. The van der Waals surface area contributed by atoms with Crippen molar-refractivity contribution in [2.24, 2.45) is 16.8 Å². The number of hydrazone groups is 1. The van der Waals surface area contributed by atoms with Crippen molar-refractivity contribution in [3.63, 3.8) is 0 Å². The number of nitrogens with two attached hydrogens (primary N) is 2. The van der Waals surface area contributed by atoms with Crippen molar-refractivity contribution in [2.75, 3.05) is 7.05 Å². The highest BCUT2D eigenvalue weighted by molar-refractivity contribution is 5.85. The van der Waals surface area contributed by atoms with Crippen molar-refractivity contribution in [2.45, 2.75) is 44.6 Å². The molecule has 1 atom stereocenters. The third-order valence-corrected chi connectivity index (χ3v) is 3.33. The summed E-state index contributed by atoms with van der Waals surface area (Å²) >= 11 is 0. The minimum atomic E-state index is -0.677. The van der Waals surface area contributed by atoms with Gasteiger partial charge >= 0.3 is 0 Å². The largest absolute Gasteiger partial charge is 0.385 e. The Bertz CT molecular complexity index is 392. The maximum Gasteiger partial charge on any atom is 0.167 e. The molecule has 0 fully saturated rings. The maximum atomic E-state index is 9.88. The number of hydrogen-bond acceptors (Lipinski definition) is 4. The lowest BCUT2D eigenvalue weighted by atomic mass is 10.0. The van der Waals surface area contributed by atoms with Gasteiger partial charge in [-0.15, -0.1) is 0 Å². The van der Waals surface area contributed by atoms with Crippen LogP contribution in [-0.4, -0.2) is 29.1 Å². The van der Waals surface area contributed by atoms with E-state index in [2.05, 4.69) is 29.4 Å². The number of aliphatic hydroxyl groups excluding tert-OH is 1. The first-order valence-electron chi connectivity index (χ1n) is 7.13. The molecule has 1 unspecified atom stereocenters. The number of hydrazine groups is 1. The van der Waals surface area contributed by atoms with E-state index in [1.165, 1.54) is 17.0 Å². The zero-order chi connectivity index (χ0) is 14.8. The molecule has 0 aliphatic carbocycles. The first-order chi connectivity index (χ1) is 9.65. The van der Waals surface area contributed by atoms with Crippen LogP contribution >= 0.6 is 0 Å². The normalized spacial score (nSPS) is 13.2. The molecule has 5 heteroatoms. The Hall–Kier alpha value is -1.59. The summed E-state index contributed by atoms with van der Waals surface area (Å²) in [5.41, 5.74) is 1.38. The Balaban J connectivity index is 2.10. The molecule has 112 valence electrons. The van der Waals surface area contributed by atoms with Crippen molar-refractivity contribution in [1.29, 1.82) is 0 Å². The summed E-state index contributed by atoms with van der Waals surface area (Å²) in [5.74, 6) is 11.1. The van der Waals surface area contributed by atoms with Crippen molar-refractivity contribution in [3.8, 4) is 0 Å². The minimum Gasteiger partial charge on any atom is -0.385 e. The van der Waals surface area contributed by atoms with Crippen molar-refractivity contribution < 1.29 is 5.11 Å². The van der Waals surface area contributed by atoms with Crippen LogP contribution in [-0.2, 0) is 6.42 Å². The fraction of sp³-hybridized carbons (Fsp3) is 0.533. The van der Waals surface area contributed by atoms with Gasteiger partial charge in [-0.1, -0.05) is 49.6 Å². The number of amidine groups is 1. The van der Waals surface area contributed by atoms with Gasteiger partial charge in [0.1, 0.15) is 6.10 Å². The summed E-state index contributed by atoms with van der Waals surface area (Å²) < 4.78 is 0. The lowest BCUT2D eigenvalue weighted by Crippen LogP contribution is -2.41. The number of benzene rings is 1. The van der Waals surface area contributed by atoms with Gasteiger partial charge in [-0.05, 0) is 24.8 Å². The topological polar surface area (TPSA) is 87.9 Å². The molecule has 1 aromatic carbocycles. The van der Waals surface area contributed by atoms with E-state index in [-0.39, 0.29) is 0 Å². The standard InChI is InChI=1S/C15H26N4O/c1-19(17)15(18-16)14(20)12-8-3-2-5-9-13-10-6-4-7-11-13/h4,6-7,10-11,14,20H,2-3,5,8-9,12,16-17H2,1H3/b18-15-. The summed E-state index contributed by atoms with van der Waals surface area (Å²) in [6, 6.07) is 10.5. The first kappa shape index (κ1) is 16.5. The van der Waals surface area contributed by atoms with Crippen LogP contribution < -0.4 is 11.7 Å². The van der Waals surface area contributed by atoms with Crippen LogP contribution in [0, 0.1) is 0 Å². The average Bonchev–Trinajstić information content (AvgIpc) is 2.44. The van der Waals surface area contributed by atoms with Gasteiger partial charge in [-0.2, -0.15) is 5.10 Å². The Morgan fingerprint density at radius 3 is 2.45 bits per heavy atom. The molecule has 0 spiro atoms. The molecule has 1 aromatic rings. The highest BCUT2D eigenvalue weighted by atomic mass is 16.3. The van der Waals surface area contributed by atoms with Crippen molar-refractivity contribution in [3.05, 3.63) is 35.9 Å². The van der Waals surface area contributed by atoms with E-state index in [4.69, 9.17) is 11.7 Å². The van der Waals surface area contributed by atoms with Gasteiger partial charge in [0.2, 0.25) is 0 Å². The summed E-state index contributed by atoms with van der Waals surface area (Å²) in [4.78, 5) is 0. The molecule has 0 radical (unpaired) electrons. The number of hydrogen-bond donors (Lipinski definition) is 3. The molecular weight excluding hydrogens is 252 g/mol. The monoisotopic (exact) mass is 278 g/mol. The minimum absolute atomic E-state index is 0.328. The molecule has 0 bridgehead atoms. The number of nitrogens with zero attached hydrogens (tertiary/aromatic N) is 2. The molecule has 0 aliphatic heterocycles. The third kappa shape index (κ3) is 6.04. The van der Waals surface area contributed by atoms with Crippen LogP contribution in [0.2, 0.25) is 0 Å². The van der Waals surface area contributed by atoms with E-state index in [1.54, 1.807) is 7.05 Å². The second kappa shape index (κ2) is 9.34. The predicted molar refractivity (Wildman–Crippen MR) is 82.8 cm³/mol. The summed E-state index contributed by atoms with van der Waals surface area (Å²) in [7, 11) is 1.62. The SMILES string of the molecule is CN(N)/C(=N\N)C(O)CCCCCCc1ccccc1. The quantitative estimate of drug-likeness (QED) is 0.222. The first-order valence-corrected chi connectivity index (χ1v) is 7.13. The van der Waals surface area contributed by atoms with Crippen LogP contribution in [0.4, 0.5) is 0 Å². The second-order valence-corrected chi connectivity index (χ2v) is 5.05. The molecule has 0 amide bonds. The van der Waals surface area contributed by atoms with Crippen LogP contribution in [0.25, 0.3) is 0 Å². The van der Waals surface area contributed by atoms with Crippen LogP contribution in [0.5, 0.6) is 0 Å². The predicted octanol–water partition coefficient (Wildman–Crippen LogP) is 1.62. The lowest BCUT2D eigenvalue weighted by molar-refractivity contribution is 0.209. The van der Waals surface area contributed by atoms with Crippen LogP contribution in [0.1, 0.15) is 37.7 Å². The van der Waals surface area contributed by atoms with Gasteiger partial charge < -0.3 is 10.9 Å². The fourth-order valence-corrected chi connectivity index (χ4v) is 2.21. The van der Waals surface area contributed by atoms with Crippen LogP contribution in [0.15, 0.2) is 35.4 Å². The summed E-state index contributed by atoms with van der Waals surface area (Å²) in [5, 5.41) is 14.7. The van der Waals surface area contributed by atoms with E-state index in [1.807, 2.05) is 6.07 Å². The Labute approximate surface area is 121 Å². The summed E-state index contributed by atoms with van der Waals surface area (Å²) in [6.45, 7) is 0. The number of unbranched alkanes of at least 4 members (excludes halogenated alkanes) is 3. The van der Waals surface area contributed by atoms with Gasteiger partial charge in [0.15, 0.2) is 5.84 Å². The fourth-order valence-electron chi connectivity index (χ4n) is 2.21. The maximum absolute atomic E-state index is 9.88. The Morgan fingerprint density at radius 1 is 1.20 bits per heavy atom. The number of aliphatic hydroxyl groups is 1. The number of aryl methyl sites for hydroxylation is 1. The van der Waals surface area contributed by atoms with E-state index in [0.717, 1.165) is 25.7 Å². The van der Waals surface area contributed by atoms with Crippen LogP contribution in [0.3, 0.4) is 0 Å². The molecule has 0 heterocycles. The van der Waals surface area contributed by atoms with Gasteiger partial charge in [0.25, 0.3) is 0 Å². The zero-order valence-corrected chi connectivity index (χ0v) is 12.2. The van der Waals surface area contributed by atoms with Gasteiger partial charge in [-0.3, -0.25) is 5.01 Å². The molecule has 0 aromatic heterocycles. The molecule has 1 rings (SSSR count). The molecular formula is C15H26N4O. The Morgan fingerprint density at radius 2 is 1.85 bits per heavy atom. The molecule has 0 aliphatic rings. The van der Waals surface area contributed by atoms with Crippen molar-refractivity contribution >= 4 is 5.84 Å². The highest BCUT2D eigenvalue weighted by Gasteiger charge is 2.14. The van der Waals surface area contributed by atoms with E-state index >= 15 is 0 Å². The highest BCUT2D eigenvalue weighted by Crippen LogP contribution is 2.10. The van der Waals surface area contributed by atoms with Gasteiger partial charge in [0, 0.05) is 7.05 Å². The average molecular weight is 278 g/mol. The molecule has 0 saturated carbocycles. The smallest absolute Gasteiger partial charge is 0.167 e. The van der Waals surface area contributed by atoms with E-state index in [0.29, 0.717) is 12.3 Å². The lowest BCUT2D eigenvalue weighted by Gasteiger charge is -2.19. The molecule has 5 N–H and O–H groups in total. The Kier molecular flexibility index (Phi) is 7.69. The van der Waals surface area contributed by atoms with Crippen molar-refractivity contribution in [1.82, 2.24) is 5.01 Å². The van der Waals surface area contributed by atoms with E-state index < -0.39 is 6.10 Å². The van der Waals surface area contributed by atoms with E-state index in [9.17, 15) is 5.11 Å². The third-order valence-electron chi connectivity index (χ3n) is 3.33. The zero-order valence-electron chi connectivity index (χ0n) is 12.2.